The van der Waals surface area contributed by atoms with E-state index < -0.39 is 10.8 Å². The minimum Gasteiger partial charge on any atom is -0.365 e. The van der Waals surface area contributed by atoms with E-state index >= 15 is 0 Å². The SMILES string of the molecule is N#C/C(=C/n1c(=S)[nH]c2ccc([N+](=O)[O-])cc21)C(N)=O. The van der Waals surface area contributed by atoms with Gasteiger partial charge in [0.15, 0.2) is 4.77 Å². The monoisotopic (exact) mass is 289 g/mol. The van der Waals surface area contributed by atoms with E-state index in [0.717, 1.165) is 6.20 Å². The number of aromatic nitrogens is 2. The van der Waals surface area contributed by atoms with Crippen LogP contribution in [0.3, 0.4) is 0 Å². The normalized spacial score (nSPS) is 11.2. The van der Waals surface area contributed by atoms with Crippen LogP contribution in [0.25, 0.3) is 17.2 Å². The molecule has 1 heterocycles. The van der Waals surface area contributed by atoms with Crippen LogP contribution in [-0.4, -0.2) is 20.4 Å². The van der Waals surface area contributed by atoms with Gasteiger partial charge in [-0.1, -0.05) is 0 Å². The van der Waals surface area contributed by atoms with Crippen molar-refractivity contribution in [3.05, 3.63) is 38.7 Å². The number of nitro groups is 1. The number of nitrogens with zero attached hydrogens (tertiary/aromatic N) is 3. The zero-order chi connectivity index (χ0) is 14.9. The Labute approximate surface area is 116 Å². The molecule has 0 fully saturated rings. The highest BCUT2D eigenvalue weighted by molar-refractivity contribution is 7.71. The summed E-state index contributed by atoms with van der Waals surface area (Å²) in [5.74, 6) is -0.908. The lowest BCUT2D eigenvalue weighted by Crippen LogP contribution is -2.13. The number of primary amides is 1. The minimum atomic E-state index is -0.908. The van der Waals surface area contributed by atoms with Gasteiger partial charge in [0.1, 0.15) is 11.6 Å². The number of nitro benzene ring substituents is 1. The van der Waals surface area contributed by atoms with Gasteiger partial charge in [-0.2, -0.15) is 5.26 Å². The highest BCUT2D eigenvalue weighted by atomic mass is 32.1. The van der Waals surface area contributed by atoms with E-state index in [1.165, 1.54) is 22.8 Å². The third kappa shape index (κ3) is 2.27. The Morgan fingerprint density at radius 2 is 2.30 bits per heavy atom. The quantitative estimate of drug-likeness (QED) is 0.290. The van der Waals surface area contributed by atoms with Crippen LogP contribution in [0.5, 0.6) is 0 Å². The number of fused-ring (bicyclic) bond motifs is 1. The topological polar surface area (TPSA) is 131 Å². The second kappa shape index (κ2) is 4.94. The lowest BCUT2D eigenvalue weighted by Gasteiger charge is -1.98. The maximum Gasteiger partial charge on any atom is 0.271 e. The molecule has 3 N–H and O–H groups in total. The molecule has 0 atom stereocenters. The summed E-state index contributed by atoms with van der Waals surface area (Å²) in [6, 6.07) is 5.74. The largest absolute Gasteiger partial charge is 0.365 e. The van der Waals surface area contributed by atoms with Crippen LogP contribution in [0.1, 0.15) is 0 Å². The molecule has 1 aromatic carbocycles. The maximum absolute atomic E-state index is 11.0. The van der Waals surface area contributed by atoms with Crippen molar-refractivity contribution >= 4 is 41.0 Å². The first-order chi connectivity index (χ1) is 9.43. The number of carbonyl (C=O) groups is 1. The number of nitrogens with two attached hydrogens (primary N) is 1. The average Bonchev–Trinajstić information content (AvgIpc) is 2.70. The minimum absolute atomic E-state index is 0.133. The number of benzene rings is 1. The fraction of sp³-hybridized carbons (Fsp3) is 0. The Morgan fingerprint density at radius 3 is 2.85 bits per heavy atom. The van der Waals surface area contributed by atoms with Gasteiger partial charge in [-0.25, -0.2) is 0 Å². The van der Waals surface area contributed by atoms with Crippen LogP contribution in [0, 0.1) is 26.2 Å². The van der Waals surface area contributed by atoms with Gasteiger partial charge in [0.05, 0.1) is 16.0 Å². The number of aromatic amines is 1. The number of nitrogens with one attached hydrogen (secondary N) is 1. The first kappa shape index (κ1) is 13.4. The van der Waals surface area contributed by atoms with Crippen LogP contribution in [-0.2, 0) is 4.79 Å². The number of carbonyl (C=O) groups excluding carboxylic acids is 1. The van der Waals surface area contributed by atoms with Crippen molar-refractivity contribution in [2.24, 2.45) is 5.73 Å². The smallest absolute Gasteiger partial charge is 0.271 e. The molecule has 8 nitrogen and oxygen atoms in total. The van der Waals surface area contributed by atoms with Crippen molar-refractivity contribution in [2.75, 3.05) is 0 Å². The highest BCUT2D eigenvalue weighted by Gasteiger charge is 2.12. The molecule has 1 aromatic heterocycles. The summed E-state index contributed by atoms with van der Waals surface area (Å²) in [6.07, 6.45) is 1.15. The van der Waals surface area contributed by atoms with E-state index in [0.29, 0.717) is 11.0 Å². The van der Waals surface area contributed by atoms with Crippen molar-refractivity contribution in [3.8, 4) is 6.07 Å². The molecule has 20 heavy (non-hydrogen) atoms. The first-order valence-electron chi connectivity index (χ1n) is 5.24. The number of H-pyrrole nitrogens is 1. The van der Waals surface area contributed by atoms with Gasteiger partial charge < -0.3 is 10.7 Å². The molecule has 1 amide bonds. The predicted molar refractivity (Wildman–Crippen MR) is 72.9 cm³/mol. The molecule has 2 aromatic rings. The standard InChI is InChI=1S/C11H7N5O3S/c12-4-6(10(13)17)5-15-9-3-7(16(18)19)1-2-8(9)14-11(15)20/h1-3,5H,(H2,13,17)(H,14,20)/b6-5-. The number of imidazole rings is 1. The molecule has 100 valence electrons. The summed E-state index contributed by atoms with van der Waals surface area (Å²) >= 11 is 5.05. The molecule has 9 heteroatoms. The summed E-state index contributed by atoms with van der Waals surface area (Å²) in [4.78, 5) is 24.1. The summed E-state index contributed by atoms with van der Waals surface area (Å²) in [7, 11) is 0. The third-order valence-corrected chi connectivity index (χ3v) is 2.85. The molecule has 0 saturated heterocycles. The van der Waals surface area contributed by atoms with Gasteiger partial charge in [0.2, 0.25) is 0 Å². The Hall–Kier alpha value is -2.99. The second-order valence-electron chi connectivity index (χ2n) is 3.78. The van der Waals surface area contributed by atoms with E-state index in [1.807, 2.05) is 0 Å². The zero-order valence-electron chi connectivity index (χ0n) is 9.86. The van der Waals surface area contributed by atoms with Crippen molar-refractivity contribution in [1.82, 2.24) is 9.55 Å². The molecule has 2 rings (SSSR count). The molecule has 0 spiro atoms. The molecular weight excluding hydrogens is 282 g/mol. The van der Waals surface area contributed by atoms with E-state index in [1.54, 1.807) is 6.07 Å². The summed E-state index contributed by atoms with van der Waals surface area (Å²) in [5.41, 5.74) is 5.51. The van der Waals surface area contributed by atoms with Gasteiger partial charge in [-0.3, -0.25) is 19.5 Å². The maximum atomic E-state index is 11.0. The Balaban J connectivity index is 2.76. The van der Waals surface area contributed by atoms with Crippen LogP contribution in [0.4, 0.5) is 5.69 Å². The lowest BCUT2D eigenvalue weighted by atomic mass is 10.2. The van der Waals surface area contributed by atoms with E-state index in [4.69, 9.17) is 23.2 Å². The lowest BCUT2D eigenvalue weighted by molar-refractivity contribution is -0.384. The van der Waals surface area contributed by atoms with Crippen LogP contribution in [0.2, 0.25) is 0 Å². The summed E-state index contributed by atoms with van der Waals surface area (Å²) in [6.45, 7) is 0. The third-order valence-electron chi connectivity index (χ3n) is 2.56. The summed E-state index contributed by atoms with van der Waals surface area (Å²) in [5, 5.41) is 19.6. The number of nitriles is 1. The van der Waals surface area contributed by atoms with E-state index in [2.05, 4.69) is 4.98 Å². The van der Waals surface area contributed by atoms with Crippen molar-refractivity contribution < 1.29 is 9.72 Å². The van der Waals surface area contributed by atoms with E-state index in [-0.39, 0.29) is 16.0 Å². The second-order valence-corrected chi connectivity index (χ2v) is 4.16. The first-order valence-corrected chi connectivity index (χ1v) is 5.65. The molecule has 0 bridgehead atoms. The number of hydrogen-bond donors (Lipinski definition) is 2. The van der Waals surface area contributed by atoms with Gasteiger partial charge in [-0.05, 0) is 18.3 Å². The molecule has 0 radical (unpaired) electrons. The van der Waals surface area contributed by atoms with Gasteiger partial charge >= 0.3 is 0 Å². The Bertz CT molecular complexity index is 855. The predicted octanol–water partition coefficient (Wildman–Crippen LogP) is 1.46. The van der Waals surface area contributed by atoms with Gasteiger partial charge in [-0.15, -0.1) is 0 Å². The van der Waals surface area contributed by atoms with Crippen molar-refractivity contribution in [1.29, 1.82) is 5.26 Å². The molecule has 0 unspecified atom stereocenters. The fourth-order valence-corrected chi connectivity index (χ4v) is 1.89. The van der Waals surface area contributed by atoms with Crippen LogP contribution >= 0.6 is 12.2 Å². The molecule has 0 aliphatic carbocycles. The van der Waals surface area contributed by atoms with Crippen molar-refractivity contribution in [2.45, 2.75) is 0 Å². The Kier molecular flexibility index (Phi) is 3.32. The Morgan fingerprint density at radius 1 is 1.60 bits per heavy atom. The average molecular weight is 289 g/mol. The molecule has 0 aliphatic heterocycles. The zero-order valence-corrected chi connectivity index (χ0v) is 10.7. The number of amides is 1. The highest BCUT2D eigenvalue weighted by Crippen LogP contribution is 2.21. The fourth-order valence-electron chi connectivity index (χ4n) is 1.63. The van der Waals surface area contributed by atoms with Gasteiger partial charge in [0.25, 0.3) is 11.6 Å². The molecular formula is C11H7N5O3S. The van der Waals surface area contributed by atoms with Gasteiger partial charge in [0, 0.05) is 18.3 Å². The summed E-state index contributed by atoms with van der Waals surface area (Å²) < 4.78 is 1.48. The molecule has 0 saturated carbocycles. The molecule has 0 aliphatic rings. The number of non-ortho nitro benzene ring substituents is 1. The number of rotatable bonds is 3. The van der Waals surface area contributed by atoms with Crippen LogP contribution < -0.4 is 5.73 Å². The van der Waals surface area contributed by atoms with Crippen LogP contribution in [0.15, 0.2) is 23.8 Å². The number of hydrogen-bond acceptors (Lipinski definition) is 5. The van der Waals surface area contributed by atoms with E-state index in [9.17, 15) is 14.9 Å². The van der Waals surface area contributed by atoms with Crippen molar-refractivity contribution in [3.63, 3.8) is 0 Å².